The molecular formula is C22H23ClN4O2. The molecule has 0 radical (unpaired) electrons. The van der Waals surface area contributed by atoms with Gasteiger partial charge in [0.2, 0.25) is 5.91 Å². The van der Waals surface area contributed by atoms with Gasteiger partial charge in [0.05, 0.1) is 18.7 Å². The molecule has 3 rings (SSSR count). The van der Waals surface area contributed by atoms with Crippen LogP contribution in [-0.4, -0.2) is 34.2 Å². The van der Waals surface area contributed by atoms with Gasteiger partial charge in [0.1, 0.15) is 5.69 Å². The van der Waals surface area contributed by atoms with E-state index in [1.165, 1.54) is 0 Å². The largest absolute Gasteiger partial charge is 0.352 e. The third kappa shape index (κ3) is 5.45. The van der Waals surface area contributed by atoms with Crippen LogP contribution in [0.5, 0.6) is 0 Å². The second kappa shape index (κ2) is 9.39. The molecule has 0 aliphatic heterocycles. The van der Waals surface area contributed by atoms with Crippen LogP contribution >= 0.6 is 11.6 Å². The first-order valence-corrected chi connectivity index (χ1v) is 9.75. The monoisotopic (exact) mass is 410 g/mol. The Bertz CT molecular complexity index is 999. The second-order valence-corrected chi connectivity index (χ2v) is 7.36. The van der Waals surface area contributed by atoms with Gasteiger partial charge < -0.3 is 10.6 Å². The molecule has 0 saturated carbocycles. The van der Waals surface area contributed by atoms with Crippen LogP contribution in [0.25, 0.3) is 11.3 Å². The van der Waals surface area contributed by atoms with E-state index in [1.807, 2.05) is 68.4 Å². The van der Waals surface area contributed by atoms with Gasteiger partial charge in [0, 0.05) is 22.8 Å². The minimum Gasteiger partial charge on any atom is -0.352 e. The van der Waals surface area contributed by atoms with E-state index in [4.69, 9.17) is 11.6 Å². The summed E-state index contributed by atoms with van der Waals surface area (Å²) in [6.45, 7) is 4.07. The van der Waals surface area contributed by atoms with Crippen LogP contribution in [0.15, 0.2) is 60.8 Å². The summed E-state index contributed by atoms with van der Waals surface area (Å²) in [5.74, 6) is -0.591. The fourth-order valence-electron chi connectivity index (χ4n) is 2.91. The van der Waals surface area contributed by atoms with Crippen LogP contribution in [0.3, 0.4) is 0 Å². The molecule has 150 valence electrons. The summed E-state index contributed by atoms with van der Waals surface area (Å²) < 4.78 is 1.69. The fourth-order valence-corrected chi connectivity index (χ4v) is 3.10. The lowest BCUT2D eigenvalue weighted by Gasteiger charge is -2.09. The maximum atomic E-state index is 12.8. The van der Waals surface area contributed by atoms with E-state index in [-0.39, 0.29) is 24.4 Å². The predicted octanol–water partition coefficient (Wildman–Crippen LogP) is 3.51. The average molecular weight is 411 g/mol. The van der Waals surface area contributed by atoms with Gasteiger partial charge in [-0.2, -0.15) is 5.10 Å². The summed E-state index contributed by atoms with van der Waals surface area (Å²) in [6, 6.07) is 17.0. The van der Waals surface area contributed by atoms with E-state index in [1.54, 1.807) is 10.9 Å². The molecule has 0 spiro atoms. The Morgan fingerprint density at radius 2 is 1.76 bits per heavy atom. The number of nitrogens with zero attached hydrogens (tertiary/aromatic N) is 2. The Kier molecular flexibility index (Phi) is 6.67. The van der Waals surface area contributed by atoms with Crippen molar-refractivity contribution < 1.29 is 9.59 Å². The molecule has 6 nitrogen and oxygen atoms in total. The van der Waals surface area contributed by atoms with Crippen LogP contribution < -0.4 is 10.6 Å². The van der Waals surface area contributed by atoms with Crippen molar-refractivity contribution in [2.24, 2.45) is 0 Å². The molecule has 1 aromatic heterocycles. The van der Waals surface area contributed by atoms with Gasteiger partial charge in [0.25, 0.3) is 5.91 Å². The average Bonchev–Trinajstić information content (AvgIpc) is 3.12. The zero-order chi connectivity index (χ0) is 20.8. The van der Waals surface area contributed by atoms with Gasteiger partial charge in [-0.05, 0) is 25.5 Å². The lowest BCUT2D eigenvalue weighted by atomic mass is 10.1. The van der Waals surface area contributed by atoms with Crippen molar-refractivity contribution in [1.29, 1.82) is 0 Å². The van der Waals surface area contributed by atoms with E-state index >= 15 is 0 Å². The number of rotatable bonds is 7. The maximum Gasteiger partial charge on any atom is 0.255 e. The van der Waals surface area contributed by atoms with E-state index < -0.39 is 0 Å². The Hall–Kier alpha value is -3.12. The van der Waals surface area contributed by atoms with Crippen molar-refractivity contribution in [3.63, 3.8) is 0 Å². The number of benzene rings is 2. The summed E-state index contributed by atoms with van der Waals surface area (Å²) in [6.07, 6.45) is 1.68. The minimum absolute atomic E-state index is 0.0117. The van der Waals surface area contributed by atoms with Crippen LogP contribution in [0.4, 0.5) is 0 Å². The number of aromatic nitrogens is 2. The van der Waals surface area contributed by atoms with Crippen molar-refractivity contribution >= 4 is 23.4 Å². The summed E-state index contributed by atoms with van der Waals surface area (Å²) >= 11 is 6.26. The number of carbonyl (C=O) groups is 2. The first kappa shape index (κ1) is 20.6. The van der Waals surface area contributed by atoms with Crippen LogP contribution in [-0.2, 0) is 11.3 Å². The Morgan fingerprint density at radius 1 is 1.07 bits per heavy atom. The molecule has 0 atom stereocenters. The zero-order valence-electron chi connectivity index (χ0n) is 16.4. The molecule has 0 saturated heterocycles. The van der Waals surface area contributed by atoms with Crippen LogP contribution in [0, 0.1) is 0 Å². The zero-order valence-corrected chi connectivity index (χ0v) is 17.1. The molecule has 29 heavy (non-hydrogen) atoms. The molecule has 0 bridgehead atoms. The van der Waals surface area contributed by atoms with Gasteiger partial charge >= 0.3 is 0 Å². The molecule has 0 aliphatic carbocycles. The standard InChI is InChI=1S/C22H23ClN4O2/c1-15(2)25-20(28)12-24-22(29)18-14-27(13-17-10-6-7-11-19(17)23)26-21(18)16-8-4-3-5-9-16/h3-11,14-15H,12-13H2,1-2H3,(H,24,29)(H,25,28). The molecule has 0 aliphatic rings. The molecule has 2 aromatic carbocycles. The normalized spacial score (nSPS) is 10.8. The minimum atomic E-state index is -0.354. The number of nitrogens with one attached hydrogen (secondary N) is 2. The molecule has 0 unspecified atom stereocenters. The van der Waals surface area contributed by atoms with Crippen molar-refractivity contribution in [1.82, 2.24) is 20.4 Å². The summed E-state index contributed by atoms with van der Waals surface area (Å²) in [5, 5.41) is 10.7. The smallest absolute Gasteiger partial charge is 0.255 e. The molecule has 2 N–H and O–H groups in total. The quantitative estimate of drug-likeness (QED) is 0.625. The number of hydrogen-bond donors (Lipinski definition) is 2. The summed E-state index contributed by atoms with van der Waals surface area (Å²) in [4.78, 5) is 24.7. The maximum absolute atomic E-state index is 12.8. The second-order valence-electron chi connectivity index (χ2n) is 6.95. The predicted molar refractivity (Wildman–Crippen MR) is 114 cm³/mol. The molecular weight excluding hydrogens is 388 g/mol. The lowest BCUT2D eigenvalue weighted by Crippen LogP contribution is -2.39. The summed E-state index contributed by atoms with van der Waals surface area (Å²) in [5.41, 5.74) is 2.68. The van der Waals surface area contributed by atoms with Gasteiger partial charge in [-0.3, -0.25) is 14.3 Å². The molecule has 1 heterocycles. The van der Waals surface area contributed by atoms with Crippen molar-refractivity contribution in [3.8, 4) is 11.3 Å². The van der Waals surface area contributed by atoms with Gasteiger partial charge in [-0.25, -0.2) is 0 Å². The highest BCUT2D eigenvalue weighted by Gasteiger charge is 2.19. The van der Waals surface area contributed by atoms with Crippen molar-refractivity contribution in [2.75, 3.05) is 6.54 Å². The van der Waals surface area contributed by atoms with Crippen LogP contribution in [0.2, 0.25) is 5.02 Å². The highest BCUT2D eigenvalue weighted by atomic mass is 35.5. The lowest BCUT2D eigenvalue weighted by molar-refractivity contribution is -0.120. The molecule has 3 aromatic rings. The summed E-state index contributed by atoms with van der Waals surface area (Å²) in [7, 11) is 0. The van der Waals surface area contributed by atoms with Gasteiger partial charge in [-0.1, -0.05) is 60.1 Å². The third-order valence-electron chi connectivity index (χ3n) is 4.20. The first-order valence-electron chi connectivity index (χ1n) is 9.38. The van der Waals surface area contributed by atoms with E-state index in [0.717, 1.165) is 11.1 Å². The number of carbonyl (C=O) groups excluding carboxylic acids is 2. The highest BCUT2D eigenvalue weighted by Crippen LogP contribution is 2.23. The SMILES string of the molecule is CC(C)NC(=O)CNC(=O)c1cn(Cc2ccccc2Cl)nc1-c1ccccc1. The van der Waals surface area contributed by atoms with E-state index in [2.05, 4.69) is 15.7 Å². The first-order chi connectivity index (χ1) is 13.9. The van der Waals surface area contributed by atoms with Crippen LogP contribution in [0.1, 0.15) is 29.8 Å². The Morgan fingerprint density at radius 3 is 2.45 bits per heavy atom. The Labute approximate surface area is 174 Å². The number of hydrogen-bond acceptors (Lipinski definition) is 3. The van der Waals surface area contributed by atoms with Crippen molar-refractivity contribution in [3.05, 3.63) is 76.9 Å². The Balaban J connectivity index is 1.86. The molecule has 0 fully saturated rings. The number of amides is 2. The van der Waals surface area contributed by atoms with E-state index in [9.17, 15) is 9.59 Å². The number of halogens is 1. The topological polar surface area (TPSA) is 76.0 Å². The van der Waals surface area contributed by atoms with E-state index in [0.29, 0.717) is 22.8 Å². The molecule has 7 heteroatoms. The third-order valence-corrected chi connectivity index (χ3v) is 4.57. The highest BCUT2D eigenvalue weighted by molar-refractivity contribution is 6.31. The molecule has 2 amide bonds. The van der Waals surface area contributed by atoms with Crippen molar-refractivity contribution in [2.45, 2.75) is 26.4 Å². The fraction of sp³-hybridized carbons (Fsp3) is 0.227. The van der Waals surface area contributed by atoms with Gasteiger partial charge in [-0.15, -0.1) is 0 Å². The van der Waals surface area contributed by atoms with Gasteiger partial charge in [0.15, 0.2) is 0 Å².